The Balaban J connectivity index is 2.30. The number of allylic oxidation sites excluding steroid dienone is 1. The molecule has 1 atom stereocenters. The molecular formula is C20H24O. The zero-order chi connectivity index (χ0) is 15.4. The Morgan fingerprint density at radius 3 is 2.48 bits per heavy atom. The standard InChI is InChI=1S/C20H24O/c1-12(2)14-6-8-16-15(10-14)7-9-18-17(16)11-19(21)13(3)20(18,4)5/h6-13,21H,1-5H3. The molecule has 0 radical (unpaired) electrons. The SMILES string of the molecule is CC(C)c1ccc2c3c(ccc2c1)C(C)(C)C(C)C(O)=C3. The van der Waals surface area contributed by atoms with Crippen LogP contribution in [0.3, 0.4) is 0 Å². The van der Waals surface area contributed by atoms with E-state index in [0.29, 0.717) is 11.7 Å². The summed E-state index contributed by atoms with van der Waals surface area (Å²) < 4.78 is 0. The average Bonchev–Trinajstić information content (AvgIpc) is 2.44. The van der Waals surface area contributed by atoms with Gasteiger partial charge < -0.3 is 5.11 Å². The van der Waals surface area contributed by atoms with E-state index in [4.69, 9.17) is 0 Å². The molecule has 0 spiro atoms. The van der Waals surface area contributed by atoms with E-state index in [-0.39, 0.29) is 11.3 Å². The summed E-state index contributed by atoms with van der Waals surface area (Å²) in [6, 6.07) is 11.2. The van der Waals surface area contributed by atoms with Gasteiger partial charge in [-0.25, -0.2) is 0 Å². The molecule has 21 heavy (non-hydrogen) atoms. The molecule has 1 aliphatic rings. The fourth-order valence-corrected chi connectivity index (χ4v) is 3.32. The molecule has 110 valence electrons. The Morgan fingerprint density at radius 2 is 1.81 bits per heavy atom. The van der Waals surface area contributed by atoms with Crippen LogP contribution in [0.25, 0.3) is 16.8 Å². The fourth-order valence-electron chi connectivity index (χ4n) is 3.32. The van der Waals surface area contributed by atoms with E-state index >= 15 is 0 Å². The van der Waals surface area contributed by atoms with Gasteiger partial charge in [0.05, 0.1) is 5.76 Å². The number of aliphatic hydroxyl groups is 1. The van der Waals surface area contributed by atoms with Crippen LogP contribution in [0.1, 0.15) is 57.2 Å². The number of aliphatic hydroxyl groups excluding tert-OH is 1. The van der Waals surface area contributed by atoms with Crippen molar-refractivity contribution < 1.29 is 5.11 Å². The number of benzene rings is 2. The van der Waals surface area contributed by atoms with Crippen molar-refractivity contribution in [3.63, 3.8) is 0 Å². The van der Waals surface area contributed by atoms with Crippen molar-refractivity contribution in [2.45, 2.75) is 46.0 Å². The van der Waals surface area contributed by atoms with Crippen molar-refractivity contribution in [1.82, 2.24) is 0 Å². The summed E-state index contributed by atoms with van der Waals surface area (Å²) in [6.07, 6.45) is 1.96. The molecule has 1 heteroatoms. The Labute approximate surface area is 127 Å². The molecule has 0 saturated carbocycles. The lowest BCUT2D eigenvalue weighted by Gasteiger charge is -2.37. The molecule has 1 N–H and O–H groups in total. The highest BCUT2D eigenvalue weighted by Gasteiger charge is 2.36. The largest absolute Gasteiger partial charge is 0.512 e. The molecule has 2 aromatic carbocycles. The van der Waals surface area contributed by atoms with Gasteiger partial charge in [0, 0.05) is 5.92 Å². The molecule has 0 aromatic heterocycles. The maximum Gasteiger partial charge on any atom is 0.0965 e. The zero-order valence-electron chi connectivity index (χ0n) is 13.6. The predicted octanol–water partition coefficient (Wildman–Crippen LogP) is 5.79. The topological polar surface area (TPSA) is 20.2 Å². The second-order valence-electron chi connectivity index (χ2n) is 7.17. The van der Waals surface area contributed by atoms with Gasteiger partial charge in [-0.3, -0.25) is 0 Å². The van der Waals surface area contributed by atoms with Gasteiger partial charge in [-0.2, -0.15) is 0 Å². The van der Waals surface area contributed by atoms with E-state index in [1.165, 1.54) is 27.5 Å². The second kappa shape index (κ2) is 4.62. The van der Waals surface area contributed by atoms with Crippen LogP contribution in [0.5, 0.6) is 0 Å². The quantitative estimate of drug-likeness (QED) is 0.701. The minimum atomic E-state index is -0.0426. The summed E-state index contributed by atoms with van der Waals surface area (Å²) in [6.45, 7) is 11.0. The first-order chi connectivity index (χ1) is 9.82. The van der Waals surface area contributed by atoms with Crippen LogP contribution in [-0.4, -0.2) is 5.11 Å². The van der Waals surface area contributed by atoms with E-state index in [9.17, 15) is 5.11 Å². The van der Waals surface area contributed by atoms with Gasteiger partial charge in [0.15, 0.2) is 0 Å². The van der Waals surface area contributed by atoms with Gasteiger partial charge in [0.1, 0.15) is 0 Å². The normalized spacial score (nSPS) is 20.5. The minimum absolute atomic E-state index is 0.0426. The molecule has 0 heterocycles. The third-order valence-corrected chi connectivity index (χ3v) is 5.26. The van der Waals surface area contributed by atoms with Crippen LogP contribution in [0.15, 0.2) is 36.1 Å². The summed E-state index contributed by atoms with van der Waals surface area (Å²) in [5.41, 5.74) is 3.83. The van der Waals surface area contributed by atoms with Crippen molar-refractivity contribution in [3.05, 3.63) is 52.8 Å². The fraction of sp³-hybridized carbons (Fsp3) is 0.400. The van der Waals surface area contributed by atoms with Crippen LogP contribution in [0.2, 0.25) is 0 Å². The van der Waals surface area contributed by atoms with Gasteiger partial charge in [-0.05, 0) is 44.9 Å². The van der Waals surface area contributed by atoms with Crippen LogP contribution >= 0.6 is 0 Å². The van der Waals surface area contributed by atoms with Gasteiger partial charge in [0.25, 0.3) is 0 Å². The van der Waals surface area contributed by atoms with Crippen LogP contribution < -0.4 is 0 Å². The highest BCUT2D eigenvalue weighted by atomic mass is 16.3. The van der Waals surface area contributed by atoms with Crippen molar-refractivity contribution in [2.24, 2.45) is 5.92 Å². The molecule has 1 aliphatic carbocycles. The Hall–Kier alpha value is -1.76. The lowest BCUT2D eigenvalue weighted by atomic mass is 9.68. The number of hydrogen-bond donors (Lipinski definition) is 1. The Kier molecular flexibility index (Phi) is 3.12. The lowest BCUT2D eigenvalue weighted by Crippen LogP contribution is -2.31. The van der Waals surface area contributed by atoms with E-state index in [2.05, 4.69) is 65.0 Å². The van der Waals surface area contributed by atoms with Crippen LogP contribution in [0.4, 0.5) is 0 Å². The van der Waals surface area contributed by atoms with E-state index < -0.39 is 0 Å². The Morgan fingerprint density at radius 1 is 1.10 bits per heavy atom. The monoisotopic (exact) mass is 280 g/mol. The molecule has 0 amide bonds. The molecule has 1 nitrogen and oxygen atoms in total. The number of hydrogen-bond acceptors (Lipinski definition) is 1. The maximum atomic E-state index is 10.3. The molecule has 0 aliphatic heterocycles. The van der Waals surface area contributed by atoms with Gasteiger partial charge >= 0.3 is 0 Å². The predicted molar refractivity (Wildman–Crippen MR) is 90.8 cm³/mol. The summed E-state index contributed by atoms with van der Waals surface area (Å²) in [7, 11) is 0. The molecular weight excluding hydrogens is 256 g/mol. The zero-order valence-corrected chi connectivity index (χ0v) is 13.6. The highest BCUT2D eigenvalue weighted by Crippen LogP contribution is 2.44. The van der Waals surface area contributed by atoms with Crippen molar-refractivity contribution >= 4 is 16.8 Å². The van der Waals surface area contributed by atoms with Crippen molar-refractivity contribution in [3.8, 4) is 0 Å². The molecule has 0 fully saturated rings. The van der Waals surface area contributed by atoms with Crippen molar-refractivity contribution in [2.75, 3.05) is 0 Å². The van der Waals surface area contributed by atoms with Crippen LogP contribution in [0, 0.1) is 5.92 Å². The van der Waals surface area contributed by atoms with E-state index in [1.807, 2.05) is 6.08 Å². The number of rotatable bonds is 1. The molecule has 1 unspecified atom stereocenters. The molecule has 3 rings (SSSR count). The highest BCUT2D eigenvalue weighted by molar-refractivity contribution is 5.93. The van der Waals surface area contributed by atoms with Gasteiger partial charge in [-0.1, -0.05) is 65.0 Å². The van der Waals surface area contributed by atoms with Crippen LogP contribution in [-0.2, 0) is 5.41 Å². The molecule has 2 aromatic rings. The van der Waals surface area contributed by atoms with Gasteiger partial charge in [-0.15, -0.1) is 0 Å². The smallest absolute Gasteiger partial charge is 0.0965 e. The number of fused-ring (bicyclic) bond motifs is 3. The average molecular weight is 280 g/mol. The van der Waals surface area contributed by atoms with E-state index in [0.717, 1.165) is 0 Å². The third-order valence-electron chi connectivity index (χ3n) is 5.26. The maximum absolute atomic E-state index is 10.3. The molecule has 0 saturated heterocycles. The first-order valence-corrected chi connectivity index (χ1v) is 7.80. The third kappa shape index (κ3) is 2.07. The van der Waals surface area contributed by atoms with Gasteiger partial charge in [0.2, 0.25) is 0 Å². The second-order valence-corrected chi connectivity index (χ2v) is 7.17. The van der Waals surface area contributed by atoms with Crippen molar-refractivity contribution in [1.29, 1.82) is 0 Å². The Bertz CT molecular complexity index is 735. The van der Waals surface area contributed by atoms with E-state index in [1.54, 1.807) is 0 Å². The molecule has 0 bridgehead atoms. The summed E-state index contributed by atoms with van der Waals surface area (Å²) in [5, 5.41) is 12.8. The summed E-state index contributed by atoms with van der Waals surface area (Å²) >= 11 is 0. The summed E-state index contributed by atoms with van der Waals surface area (Å²) in [4.78, 5) is 0. The first kappa shape index (κ1) is 14.2. The summed E-state index contributed by atoms with van der Waals surface area (Å²) in [5.74, 6) is 1.18. The first-order valence-electron chi connectivity index (χ1n) is 7.80. The lowest BCUT2D eigenvalue weighted by molar-refractivity contribution is 0.265. The minimum Gasteiger partial charge on any atom is -0.512 e.